The number of carbonyl (C=O) groups is 1. The van der Waals surface area contributed by atoms with Gasteiger partial charge in [-0.1, -0.05) is 12.8 Å². The fourth-order valence-corrected chi connectivity index (χ4v) is 4.65. The van der Waals surface area contributed by atoms with Crippen molar-refractivity contribution in [2.24, 2.45) is 0 Å². The number of nitrogens with zero attached hydrogens (tertiary/aromatic N) is 4. The lowest BCUT2D eigenvalue weighted by atomic mass is 10.1. The largest absolute Gasteiger partial charge is 0.380 e. The highest BCUT2D eigenvalue weighted by atomic mass is 16.5. The molecule has 25 heavy (non-hydrogen) atoms. The standard InChI is InChI=1S/C19H30N4O2/c1-25-17-12-18(19(24)21-9-4-5-10-21)22(14-17)13-15-8-11-23(20-15)16-6-2-3-7-16/h8,11,16-18H,2-7,9-10,12-14H2,1H3/t17-,18-/m0/s1. The van der Waals surface area contributed by atoms with Crippen LogP contribution in [0.5, 0.6) is 0 Å². The Morgan fingerprint density at radius 2 is 2.00 bits per heavy atom. The molecule has 1 aromatic rings. The first-order chi connectivity index (χ1) is 12.2. The quantitative estimate of drug-likeness (QED) is 0.820. The second kappa shape index (κ2) is 7.46. The van der Waals surface area contributed by atoms with Crippen LogP contribution in [0.3, 0.4) is 0 Å². The van der Waals surface area contributed by atoms with E-state index in [0.29, 0.717) is 6.04 Å². The number of aromatic nitrogens is 2. The molecule has 3 heterocycles. The summed E-state index contributed by atoms with van der Waals surface area (Å²) in [7, 11) is 1.75. The van der Waals surface area contributed by atoms with Crippen LogP contribution in [0.15, 0.2) is 12.3 Å². The van der Waals surface area contributed by atoms with Gasteiger partial charge in [0.25, 0.3) is 0 Å². The van der Waals surface area contributed by atoms with Crippen molar-refractivity contribution in [2.45, 2.75) is 69.7 Å². The van der Waals surface area contributed by atoms with Crippen LogP contribution in [0.1, 0.15) is 56.7 Å². The van der Waals surface area contributed by atoms with E-state index in [1.165, 1.54) is 25.7 Å². The topological polar surface area (TPSA) is 50.6 Å². The highest BCUT2D eigenvalue weighted by Crippen LogP contribution is 2.29. The Bertz CT molecular complexity index is 590. The van der Waals surface area contributed by atoms with E-state index in [0.717, 1.165) is 51.1 Å². The van der Waals surface area contributed by atoms with E-state index >= 15 is 0 Å². The van der Waals surface area contributed by atoms with Crippen LogP contribution in [0.2, 0.25) is 0 Å². The molecule has 0 spiro atoms. The first-order valence-electron chi connectivity index (χ1n) is 9.84. The molecule has 6 heteroatoms. The number of methoxy groups -OCH3 is 1. The van der Waals surface area contributed by atoms with E-state index in [4.69, 9.17) is 9.84 Å². The molecule has 1 aromatic heterocycles. The number of amides is 1. The Balaban J connectivity index is 1.44. The van der Waals surface area contributed by atoms with Crippen LogP contribution >= 0.6 is 0 Å². The second-order valence-corrected chi connectivity index (χ2v) is 7.80. The van der Waals surface area contributed by atoms with E-state index in [1.807, 2.05) is 4.90 Å². The number of hydrogen-bond acceptors (Lipinski definition) is 4. The Kier molecular flexibility index (Phi) is 5.08. The minimum absolute atomic E-state index is 0.0559. The van der Waals surface area contributed by atoms with Crippen LogP contribution < -0.4 is 0 Å². The van der Waals surface area contributed by atoms with Crippen molar-refractivity contribution < 1.29 is 9.53 Å². The highest BCUT2D eigenvalue weighted by Gasteiger charge is 2.39. The predicted molar refractivity (Wildman–Crippen MR) is 95.2 cm³/mol. The average molecular weight is 346 g/mol. The molecule has 2 saturated heterocycles. The molecule has 3 aliphatic rings. The molecule has 1 saturated carbocycles. The van der Waals surface area contributed by atoms with Gasteiger partial charge in [0.1, 0.15) is 0 Å². The Hall–Kier alpha value is -1.40. The molecule has 3 fully saturated rings. The summed E-state index contributed by atoms with van der Waals surface area (Å²) < 4.78 is 7.71. The molecular weight excluding hydrogens is 316 g/mol. The number of likely N-dealkylation sites (tertiary alicyclic amines) is 2. The van der Waals surface area contributed by atoms with Crippen molar-refractivity contribution in [2.75, 3.05) is 26.7 Å². The molecule has 0 radical (unpaired) electrons. The summed E-state index contributed by atoms with van der Waals surface area (Å²) in [6.07, 6.45) is 10.5. The van der Waals surface area contributed by atoms with E-state index in [-0.39, 0.29) is 18.1 Å². The average Bonchev–Trinajstić information content (AvgIpc) is 3.39. The third kappa shape index (κ3) is 3.60. The van der Waals surface area contributed by atoms with Crippen molar-refractivity contribution in [3.8, 4) is 0 Å². The van der Waals surface area contributed by atoms with Gasteiger partial charge in [-0.05, 0) is 38.2 Å². The summed E-state index contributed by atoms with van der Waals surface area (Å²) in [6, 6.07) is 2.64. The zero-order valence-corrected chi connectivity index (χ0v) is 15.3. The number of carbonyl (C=O) groups excluding carboxylic acids is 1. The lowest BCUT2D eigenvalue weighted by molar-refractivity contribution is -0.135. The molecule has 0 aromatic carbocycles. The molecule has 6 nitrogen and oxygen atoms in total. The zero-order chi connectivity index (χ0) is 17.2. The minimum Gasteiger partial charge on any atom is -0.380 e. The van der Waals surface area contributed by atoms with Crippen LogP contribution in [-0.4, -0.2) is 64.4 Å². The predicted octanol–water partition coefficient (Wildman–Crippen LogP) is 2.21. The van der Waals surface area contributed by atoms with Crippen molar-refractivity contribution in [1.82, 2.24) is 19.6 Å². The van der Waals surface area contributed by atoms with Crippen molar-refractivity contribution in [1.29, 1.82) is 0 Å². The normalized spacial score (nSPS) is 28.3. The molecular formula is C19H30N4O2. The van der Waals surface area contributed by atoms with E-state index in [1.54, 1.807) is 7.11 Å². The fourth-order valence-electron chi connectivity index (χ4n) is 4.65. The van der Waals surface area contributed by atoms with Gasteiger partial charge in [-0.25, -0.2) is 0 Å². The Morgan fingerprint density at radius 3 is 2.72 bits per heavy atom. The number of hydrogen-bond donors (Lipinski definition) is 0. The zero-order valence-electron chi connectivity index (χ0n) is 15.3. The maximum absolute atomic E-state index is 12.9. The summed E-state index contributed by atoms with van der Waals surface area (Å²) in [6.45, 7) is 3.38. The summed E-state index contributed by atoms with van der Waals surface area (Å²) in [4.78, 5) is 17.2. The van der Waals surface area contributed by atoms with E-state index in [2.05, 4.69) is 21.8 Å². The third-order valence-electron chi connectivity index (χ3n) is 6.13. The molecule has 0 unspecified atom stereocenters. The summed E-state index contributed by atoms with van der Waals surface area (Å²) in [5.74, 6) is 0.285. The summed E-state index contributed by atoms with van der Waals surface area (Å²) >= 11 is 0. The molecule has 0 N–H and O–H groups in total. The molecule has 2 atom stereocenters. The van der Waals surface area contributed by atoms with Gasteiger partial charge >= 0.3 is 0 Å². The van der Waals surface area contributed by atoms with Gasteiger partial charge in [0.2, 0.25) is 5.91 Å². The smallest absolute Gasteiger partial charge is 0.240 e. The van der Waals surface area contributed by atoms with Crippen molar-refractivity contribution >= 4 is 5.91 Å². The first-order valence-corrected chi connectivity index (χ1v) is 9.84. The SMILES string of the molecule is CO[C@H]1C[C@@H](C(=O)N2CCCC2)N(Cc2ccn(C3CCCC3)n2)C1. The summed E-state index contributed by atoms with van der Waals surface area (Å²) in [5, 5.41) is 4.81. The van der Waals surface area contributed by atoms with Crippen LogP contribution in [0.4, 0.5) is 0 Å². The van der Waals surface area contributed by atoms with Gasteiger partial charge in [-0.2, -0.15) is 5.10 Å². The minimum atomic E-state index is -0.0559. The van der Waals surface area contributed by atoms with Gasteiger partial charge in [-0.3, -0.25) is 14.4 Å². The lowest BCUT2D eigenvalue weighted by Gasteiger charge is -2.26. The Labute approximate surface area is 150 Å². The van der Waals surface area contributed by atoms with Crippen molar-refractivity contribution in [3.05, 3.63) is 18.0 Å². The monoisotopic (exact) mass is 346 g/mol. The molecule has 1 aliphatic carbocycles. The molecule has 1 amide bonds. The van der Waals surface area contributed by atoms with Gasteiger partial charge < -0.3 is 9.64 Å². The summed E-state index contributed by atoms with van der Waals surface area (Å²) in [5.41, 5.74) is 1.07. The number of rotatable bonds is 5. The molecule has 0 bridgehead atoms. The van der Waals surface area contributed by atoms with Gasteiger partial charge in [0.05, 0.1) is 23.9 Å². The van der Waals surface area contributed by atoms with Gasteiger partial charge in [0, 0.05) is 39.5 Å². The van der Waals surface area contributed by atoms with Crippen LogP contribution in [0.25, 0.3) is 0 Å². The third-order valence-corrected chi connectivity index (χ3v) is 6.13. The maximum Gasteiger partial charge on any atom is 0.240 e. The number of ether oxygens (including phenoxy) is 1. The van der Waals surface area contributed by atoms with Crippen LogP contribution in [-0.2, 0) is 16.1 Å². The fraction of sp³-hybridized carbons (Fsp3) is 0.789. The molecule has 4 rings (SSSR count). The van der Waals surface area contributed by atoms with Crippen molar-refractivity contribution in [3.63, 3.8) is 0 Å². The lowest BCUT2D eigenvalue weighted by Crippen LogP contribution is -2.44. The van der Waals surface area contributed by atoms with Crippen LogP contribution in [0, 0.1) is 0 Å². The van der Waals surface area contributed by atoms with Gasteiger partial charge in [-0.15, -0.1) is 0 Å². The molecule has 138 valence electrons. The van der Waals surface area contributed by atoms with E-state index in [9.17, 15) is 4.79 Å². The van der Waals surface area contributed by atoms with E-state index < -0.39 is 0 Å². The second-order valence-electron chi connectivity index (χ2n) is 7.80. The molecule has 2 aliphatic heterocycles. The Morgan fingerprint density at radius 1 is 1.24 bits per heavy atom. The first kappa shape index (κ1) is 17.0. The van der Waals surface area contributed by atoms with Gasteiger partial charge in [0.15, 0.2) is 0 Å². The maximum atomic E-state index is 12.9. The highest BCUT2D eigenvalue weighted by molar-refractivity contribution is 5.82.